The van der Waals surface area contributed by atoms with Crippen molar-refractivity contribution >= 4 is 0 Å². The fraction of sp³-hybridized carbons (Fsp3) is 1.00. The van der Waals surface area contributed by atoms with Crippen LogP contribution in [0.3, 0.4) is 0 Å². The van der Waals surface area contributed by atoms with E-state index in [2.05, 4.69) is 24.2 Å². The third-order valence-corrected chi connectivity index (χ3v) is 4.21. The number of nitrogens with zero attached hydrogens (tertiary/aromatic N) is 1. The standard InChI is InChI=1S/C12H24N2/c1-3-10-7-8-14(9-10)12-6-4-5-11(12)13-2/h10-13H,3-9H2,1-2H3. The molecule has 0 radical (unpaired) electrons. The Morgan fingerprint density at radius 3 is 2.79 bits per heavy atom. The van der Waals surface area contributed by atoms with E-state index < -0.39 is 0 Å². The van der Waals surface area contributed by atoms with E-state index in [9.17, 15) is 0 Å². The van der Waals surface area contributed by atoms with Crippen LogP contribution < -0.4 is 5.32 Å². The summed E-state index contributed by atoms with van der Waals surface area (Å²) in [5, 5.41) is 3.48. The first kappa shape index (κ1) is 10.4. The molecule has 2 nitrogen and oxygen atoms in total. The fourth-order valence-electron chi connectivity index (χ4n) is 3.21. The van der Waals surface area contributed by atoms with Gasteiger partial charge in [0, 0.05) is 18.6 Å². The third kappa shape index (κ3) is 1.96. The minimum Gasteiger partial charge on any atom is -0.315 e. The maximum absolute atomic E-state index is 3.48. The first-order valence-corrected chi connectivity index (χ1v) is 6.26. The Bertz CT molecular complexity index is 181. The Balaban J connectivity index is 1.89. The van der Waals surface area contributed by atoms with Gasteiger partial charge in [-0.15, -0.1) is 0 Å². The molecule has 14 heavy (non-hydrogen) atoms. The zero-order valence-corrected chi connectivity index (χ0v) is 9.63. The van der Waals surface area contributed by atoms with Gasteiger partial charge in [0.05, 0.1) is 0 Å². The van der Waals surface area contributed by atoms with E-state index in [1.165, 1.54) is 45.2 Å². The van der Waals surface area contributed by atoms with Gasteiger partial charge in [0.2, 0.25) is 0 Å². The molecule has 82 valence electrons. The van der Waals surface area contributed by atoms with Crippen molar-refractivity contribution in [2.24, 2.45) is 5.92 Å². The van der Waals surface area contributed by atoms with Crippen molar-refractivity contribution in [3.8, 4) is 0 Å². The first-order valence-electron chi connectivity index (χ1n) is 6.26. The highest BCUT2D eigenvalue weighted by atomic mass is 15.2. The van der Waals surface area contributed by atoms with Crippen molar-refractivity contribution in [2.45, 2.75) is 51.1 Å². The Morgan fingerprint density at radius 2 is 2.14 bits per heavy atom. The summed E-state index contributed by atoms with van der Waals surface area (Å²) < 4.78 is 0. The second-order valence-electron chi connectivity index (χ2n) is 4.95. The Labute approximate surface area is 88.1 Å². The summed E-state index contributed by atoms with van der Waals surface area (Å²) in [7, 11) is 2.12. The molecule has 0 spiro atoms. The van der Waals surface area contributed by atoms with Gasteiger partial charge in [-0.3, -0.25) is 4.90 Å². The zero-order chi connectivity index (χ0) is 9.97. The summed E-state index contributed by atoms with van der Waals surface area (Å²) in [6.45, 7) is 5.04. The van der Waals surface area contributed by atoms with Crippen LogP contribution >= 0.6 is 0 Å². The van der Waals surface area contributed by atoms with E-state index in [0.29, 0.717) is 0 Å². The summed E-state index contributed by atoms with van der Waals surface area (Å²) in [5.74, 6) is 0.980. The summed E-state index contributed by atoms with van der Waals surface area (Å²) in [6.07, 6.45) is 7.02. The third-order valence-electron chi connectivity index (χ3n) is 4.21. The highest BCUT2D eigenvalue weighted by Crippen LogP contribution is 2.29. The minimum absolute atomic E-state index is 0.769. The zero-order valence-electron chi connectivity index (χ0n) is 9.63. The molecule has 2 rings (SSSR count). The second kappa shape index (κ2) is 4.63. The van der Waals surface area contributed by atoms with Gasteiger partial charge >= 0.3 is 0 Å². The Kier molecular flexibility index (Phi) is 3.45. The van der Waals surface area contributed by atoms with E-state index in [1.54, 1.807) is 0 Å². The summed E-state index contributed by atoms with van der Waals surface area (Å²) in [4.78, 5) is 2.74. The van der Waals surface area contributed by atoms with Gasteiger partial charge in [0.15, 0.2) is 0 Å². The van der Waals surface area contributed by atoms with Gasteiger partial charge in [-0.2, -0.15) is 0 Å². The van der Waals surface area contributed by atoms with Gasteiger partial charge in [-0.25, -0.2) is 0 Å². The van der Waals surface area contributed by atoms with Crippen LogP contribution in [-0.2, 0) is 0 Å². The van der Waals surface area contributed by atoms with Gasteiger partial charge in [-0.05, 0) is 38.8 Å². The molecule has 1 N–H and O–H groups in total. The molecular formula is C12H24N2. The number of nitrogens with one attached hydrogen (secondary N) is 1. The molecule has 1 saturated heterocycles. The van der Waals surface area contributed by atoms with Crippen molar-refractivity contribution in [1.29, 1.82) is 0 Å². The molecule has 0 amide bonds. The van der Waals surface area contributed by atoms with Crippen LogP contribution in [0.4, 0.5) is 0 Å². The van der Waals surface area contributed by atoms with Crippen molar-refractivity contribution in [3.05, 3.63) is 0 Å². The van der Waals surface area contributed by atoms with Crippen LogP contribution in [0.25, 0.3) is 0 Å². The van der Waals surface area contributed by atoms with E-state index >= 15 is 0 Å². The molecule has 1 heterocycles. The van der Waals surface area contributed by atoms with Gasteiger partial charge in [-0.1, -0.05) is 19.8 Å². The highest BCUT2D eigenvalue weighted by molar-refractivity contribution is 4.92. The highest BCUT2D eigenvalue weighted by Gasteiger charge is 2.34. The van der Waals surface area contributed by atoms with E-state index in [-0.39, 0.29) is 0 Å². The van der Waals surface area contributed by atoms with Crippen molar-refractivity contribution in [2.75, 3.05) is 20.1 Å². The summed E-state index contributed by atoms with van der Waals surface area (Å²) in [6, 6.07) is 1.61. The number of hydrogen-bond acceptors (Lipinski definition) is 2. The number of hydrogen-bond donors (Lipinski definition) is 1. The Morgan fingerprint density at radius 1 is 1.29 bits per heavy atom. The molecule has 1 aliphatic heterocycles. The molecule has 0 aromatic carbocycles. The van der Waals surface area contributed by atoms with E-state index in [0.717, 1.165) is 18.0 Å². The van der Waals surface area contributed by atoms with Crippen molar-refractivity contribution in [3.63, 3.8) is 0 Å². The predicted octanol–water partition coefficient (Wildman–Crippen LogP) is 1.86. The number of likely N-dealkylation sites (N-methyl/N-ethyl adjacent to an activating group) is 1. The van der Waals surface area contributed by atoms with Gasteiger partial charge in [0.25, 0.3) is 0 Å². The summed E-state index contributed by atoms with van der Waals surface area (Å²) in [5.41, 5.74) is 0. The lowest BCUT2D eigenvalue weighted by Gasteiger charge is -2.29. The molecule has 3 atom stereocenters. The topological polar surface area (TPSA) is 15.3 Å². The molecular weight excluding hydrogens is 172 g/mol. The van der Waals surface area contributed by atoms with Crippen molar-refractivity contribution < 1.29 is 0 Å². The Hall–Kier alpha value is -0.0800. The number of likely N-dealkylation sites (tertiary alicyclic amines) is 1. The number of rotatable bonds is 3. The SMILES string of the molecule is CCC1CCN(C2CCCC2NC)C1. The van der Waals surface area contributed by atoms with Crippen LogP contribution in [-0.4, -0.2) is 37.1 Å². The lowest BCUT2D eigenvalue weighted by atomic mass is 10.1. The van der Waals surface area contributed by atoms with Crippen LogP contribution in [0.15, 0.2) is 0 Å². The second-order valence-corrected chi connectivity index (χ2v) is 4.95. The molecule has 0 bridgehead atoms. The van der Waals surface area contributed by atoms with Crippen LogP contribution in [0.2, 0.25) is 0 Å². The minimum atomic E-state index is 0.769. The average Bonchev–Trinajstić information content (AvgIpc) is 2.85. The predicted molar refractivity (Wildman–Crippen MR) is 60.5 cm³/mol. The quantitative estimate of drug-likeness (QED) is 0.741. The van der Waals surface area contributed by atoms with Gasteiger partial charge < -0.3 is 5.32 Å². The normalized spacial score (nSPS) is 39.4. The molecule has 3 unspecified atom stereocenters. The molecule has 1 aliphatic carbocycles. The lowest BCUT2D eigenvalue weighted by Crippen LogP contribution is -2.44. The van der Waals surface area contributed by atoms with Crippen molar-refractivity contribution in [1.82, 2.24) is 10.2 Å². The summed E-state index contributed by atoms with van der Waals surface area (Å²) >= 11 is 0. The van der Waals surface area contributed by atoms with E-state index in [1.807, 2.05) is 0 Å². The molecule has 0 aromatic rings. The van der Waals surface area contributed by atoms with Crippen LogP contribution in [0.1, 0.15) is 39.0 Å². The lowest BCUT2D eigenvalue weighted by molar-refractivity contribution is 0.208. The smallest absolute Gasteiger partial charge is 0.0249 e. The monoisotopic (exact) mass is 196 g/mol. The van der Waals surface area contributed by atoms with Gasteiger partial charge in [0.1, 0.15) is 0 Å². The molecule has 0 aromatic heterocycles. The molecule has 2 fully saturated rings. The van der Waals surface area contributed by atoms with Crippen LogP contribution in [0.5, 0.6) is 0 Å². The maximum atomic E-state index is 3.48. The molecule has 1 saturated carbocycles. The van der Waals surface area contributed by atoms with E-state index in [4.69, 9.17) is 0 Å². The molecule has 2 aliphatic rings. The fourth-order valence-corrected chi connectivity index (χ4v) is 3.21. The first-order chi connectivity index (χ1) is 6.85. The maximum Gasteiger partial charge on any atom is 0.0249 e. The largest absolute Gasteiger partial charge is 0.315 e. The average molecular weight is 196 g/mol. The van der Waals surface area contributed by atoms with Crippen LogP contribution in [0, 0.1) is 5.92 Å². The molecule has 2 heteroatoms.